The van der Waals surface area contributed by atoms with E-state index in [2.05, 4.69) is 54.6 Å². The Bertz CT molecular complexity index is 1120. The summed E-state index contributed by atoms with van der Waals surface area (Å²) in [7, 11) is 0. The fourth-order valence-corrected chi connectivity index (χ4v) is 4.13. The Kier molecular flexibility index (Phi) is 6.46. The van der Waals surface area contributed by atoms with Gasteiger partial charge in [0.2, 0.25) is 0 Å². The van der Waals surface area contributed by atoms with Crippen molar-refractivity contribution < 1.29 is 9.47 Å². The van der Waals surface area contributed by atoms with E-state index in [1.807, 2.05) is 84.9 Å². The van der Waals surface area contributed by atoms with E-state index in [1.54, 1.807) is 0 Å². The van der Waals surface area contributed by atoms with Crippen molar-refractivity contribution in [2.75, 3.05) is 0 Å². The van der Waals surface area contributed by atoms with Gasteiger partial charge in [-0.15, -0.1) is 0 Å². The minimum absolute atomic E-state index is 0.195. The first-order valence-corrected chi connectivity index (χ1v) is 11.3. The lowest BCUT2D eigenvalue weighted by Gasteiger charge is -2.27. The van der Waals surface area contributed by atoms with Crippen LogP contribution in [0, 0.1) is 0 Å². The predicted octanol–water partition coefficient (Wildman–Crippen LogP) is 7.42. The highest BCUT2D eigenvalue weighted by Gasteiger charge is 2.27. The largest absolute Gasteiger partial charge is 0.482 e. The molecule has 0 aromatic heterocycles. The molecule has 0 spiro atoms. The minimum Gasteiger partial charge on any atom is -0.482 e. The highest BCUT2D eigenvalue weighted by molar-refractivity contribution is 5.35. The number of benzene rings is 4. The Labute approximate surface area is 195 Å². The molecule has 0 saturated heterocycles. The van der Waals surface area contributed by atoms with Crippen LogP contribution in [0.15, 0.2) is 145 Å². The van der Waals surface area contributed by atoms with Crippen molar-refractivity contribution in [2.45, 2.75) is 18.3 Å². The first kappa shape index (κ1) is 21.0. The fraction of sp³-hybridized carbons (Fsp3) is 0.0968. The van der Waals surface area contributed by atoms with E-state index < -0.39 is 0 Å². The van der Waals surface area contributed by atoms with Gasteiger partial charge in [-0.25, -0.2) is 0 Å². The van der Waals surface area contributed by atoms with Crippen LogP contribution in [-0.4, -0.2) is 6.10 Å². The van der Waals surface area contributed by atoms with Crippen molar-refractivity contribution in [2.24, 2.45) is 0 Å². The first-order valence-electron chi connectivity index (χ1n) is 11.3. The van der Waals surface area contributed by atoms with E-state index in [0.29, 0.717) is 0 Å². The number of hydrogen-bond donors (Lipinski definition) is 0. The maximum atomic E-state index is 6.69. The van der Waals surface area contributed by atoms with E-state index in [1.165, 1.54) is 0 Å². The van der Waals surface area contributed by atoms with Crippen LogP contribution < -0.4 is 0 Å². The van der Waals surface area contributed by atoms with Gasteiger partial charge < -0.3 is 9.47 Å². The van der Waals surface area contributed by atoms with Crippen LogP contribution in [-0.2, 0) is 9.47 Å². The van der Waals surface area contributed by atoms with Crippen molar-refractivity contribution in [1.29, 1.82) is 0 Å². The van der Waals surface area contributed by atoms with E-state index >= 15 is 0 Å². The molecule has 0 heterocycles. The van der Waals surface area contributed by atoms with Crippen LogP contribution in [0.2, 0.25) is 0 Å². The normalized spacial score (nSPS) is 15.1. The van der Waals surface area contributed by atoms with Gasteiger partial charge in [-0.2, -0.15) is 0 Å². The SMILES string of the molecule is C1=C[C@H](OC(c2ccccc2)c2ccccc2)C(OC(c2ccccc2)c2ccccc2)=C1. The fourth-order valence-electron chi connectivity index (χ4n) is 4.13. The van der Waals surface area contributed by atoms with Crippen LogP contribution in [0.3, 0.4) is 0 Å². The maximum absolute atomic E-state index is 6.69. The quantitative estimate of drug-likeness (QED) is 0.289. The lowest BCUT2D eigenvalue weighted by atomic mass is 10.0. The van der Waals surface area contributed by atoms with Gasteiger partial charge >= 0.3 is 0 Å². The summed E-state index contributed by atoms with van der Waals surface area (Å²) in [6, 6.07) is 41.3. The van der Waals surface area contributed by atoms with Gasteiger partial charge in [-0.05, 0) is 34.4 Å². The molecule has 0 amide bonds. The maximum Gasteiger partial charge on any atom is 0.149 e. The Balaban J connectivity index is 1.42. The average Bonchev–Trinajstić information content (AvgIpc) is 3.34. The molecular formula is C31H26O2. The zero-order chi connectivity index (χ0) is 22.3. The molecule has 0 fully saturated rings. The molecule has 1 aliphatic rings. The molecule has 33 heavy (non-hydrogen) atoms. The zero-order valence-corrected chi connectivity index (χ0v) is 18.3. The second-order valence-electron chi connectivity index (χ2n) is 8.03. The molecule has 2 nitrogen and oxygen atoms in total. The molecule has 0 aliphatic heterocycles. The molecule has 1 atom stereocenters. The molecule has 0 unspecified atom stereocenters. The Morgan fingerprint density at radius 2 is 0.879 bits per heavy atom. The van der Waals surface area contributed by atoms with E-state index in [0.717, 1.165) is 28.0 Å². The van der Waals surface area contributed by atoms with Gasteiger partial charge in [0.15, 0.2) is 0 Å². The number of ether oxygens (including phenoxy) is 2. The van der Waals surface area contributed by atoms with E-state index in [-0.39, 0.29) is 18.3 Å². The Hall–Kier alpha value is -3.88. The summed E-state index contributed by atoms with van der Waals surface area (Å²) >= 11 is 0. The van der Waals surface area contributed by atoms with Crippen LogP contribution in [0.4, 0.5) is 0 Å². The summed E-state index contributed by atoms with van der Waals surface area (Å²) < 4.78 is 13.3. The number of hydrogen-bond acceptors (Lipinski definition) is 2. The predicted molar refractivity (Wildman–Crippen MR) is 133 cm³/mol. The van der Waals surface area contributed by atoms with Gasteiger partial charge in [0.1, 0.15) is 24.1 Å². The number of allylic oxidation sites excluding steroid dienone is 2. The lowest BCUT2D eigenvalue weighted by molar-refractivity contribution is 0.00916. The van der Waals surface area contributed by atoms with Crippen molar-refractivity contribution >= 4 is 0 Å². The molecule has 4 aromatic carbocycles. The topological polar surface area (TPSA) is 18.5 Å². The second kappa shape index (κ2) is 10.2. The van der Waals surface area contributed by atoms with Gasteiger partial charge in [0.25, 0.3) is 0 Å². The van der Waals surface area contributed by atoms with E-state index in [9.17, 15) is 0 Å². The van der Waals surface area contributed by atoms with Gasteiger partial charge in [0, 0.05) is 0 Å². The molecule has 0 N–H and O–H groups in total. The van der Waals surface area contributed by atoms with Crippen LogP contribution >= 0.6 is 0 Å². The Morgan fingerprint density at radius 3 is 1.30 bits per heavy atom. The third-order valence-corrected chi connectivity index (χ3v) is 5.77. The third kappa shape index (κ3) is 4.97. The Morgan fingerprint density at radius 1 is 0.485 bits per heavy atom. The van der Waals surface area contributed by atoms with Gasteiger partial charge in [0.05, 0.1) is 0 Å². The van der Waals surface area contributed by atoms with Crippen molar-refractivity contribution in [1.82, 2.24) is 0 Å². The summed E-state index contributed by atoms with van der Waals surface area (Å²) in [5, 5.41) is 0. The second-order valence-corrected chi connectivity index (χ2v) is 8.03. The molecule has 5 rings (SSSR count). The van der Waals surface area contributed by atoms with Crippen LogP contribution in [0.5, 0.6) is 0 Å². The summed E-state index contributed by atoms with van der Waals surface area (Å²) in [5.74, 6) is 0.810. The van der Waals surface area contributed by atoms with Crippen LogP contribution in [0.1, 0.15) is 34.5 Å². The van der Waals surface area contributed by atoms with E-state index in [4.69, 9.17) is 9.47 Å². The molecule has 0 bridgehead atoms. The highest BCUT2D eigenvalue weighted by atomic mass is 16.5. The number of rotatable bonds is 8. The zero-order valence-electron chi connectivity index (χ0n) is 18.3. The lowest BCUT2D eigenvalue weighted by Crippen LogP contribution is -2.20. The van der Waals surface area contributed by atoms with Gasteiger partial charge in [-0.1, -0.05) is 127 Å². The minimum atomic E-state index is -0.273. The molecule has 0 saturated carbocycles. The molecule has 4 aromatic rings. The molecular weight excluding hydrogens is 404 g/mol. The molecule has 2 heteroatoms. The van der Waals surface area contributed by atoms with Crippen molar-refractivity contribution in [3.63, 3.8) is 0 Å². The molecule has 162 valence electrons. The molecule has 0 radical (unpaired) electrons. The van der Waals surface area contributed by atoms with Gasteiger partial charge in [-0.3, -0.25) is 0 Å². The highest BCUT2D eigenvalue weighted by Crippen LogP contribution is 2.35. The molecule has 1 aliphatic carbocycles. The van der Waals surface area contributed by atoms with Crippen molar-refractivity contribution in [3.8, 4) is 0 Å². The first-order chi connectivity index (χ1) is 16.4. The summed E-state index contributed by atoms with van der Waals surface area (Å²) in [5.41, 5.74) is 4.45. The smallest absolute Gasteiger partial charge is 0.149 e. The monoisotopic (exact) mass is 430 g/mol. The van der Waals surface area contributed by atoms with Crippen molar-refractivity contribution in [3.05, 3.63) is 168 Å². The third-order valence-electron chi connectivity index (χ3n) is 5.77. The van der Waals surface area contributed by atoms with Crippen LogP contribution in [0.25, 0.3) is 0 Å². The summed E-state index contributed by atoms with van der Waals surface area (Å²) in [6.07, 6.45) is 5.40. The average molecular weight is 431 g/mol. The summed E-state index contributed by atoms with van der Waals surface area (Å²) in [6.45, 7) is 0. The standard InChI is InChI=1S/C31H26O2/c1-5-14-24(15-6-1)30(25-16-7-2-8-17-25)32-28-22-13-23-29(28)33-31(26-18-9-3-10-19-26)27-20-11-4-12-21-27/h1-23,28,30-31H/t28-/m0/s1. The summed E-state index contributed by atoms with van der Waals surface area (Å²) in [4.78, 5) is 0.